The van der Waals surface area contributed by atoms with Crippen LogP contribution in [0.4, 0.5) is 5.69 Å². The number of hydrogen-bond donors (Lipinski definition) is 2. The van der Waals surface area contributed by atoms with Crippen LogP contribution in [0, 0.1) is 0 Å². The molecular formula is C26H26ClN3O2. The van der Waals surface area contributed by atoms with Crippen molar-refractivity contribution in [2.24, 2.45) is 0 Å². The van der Waals surface area contributed by atoms with Crippen LogP contribution in [0.2, 0.25) is 5.02 Å². The van der Waals surface area contributed by atoms with Crippen LogP contribution in [0.1, 0.15) is 39.1 Å². The molecule has 3 aromatic carbocycles. The van der Waals surface area contributed by atoms with E-state index in [1.165, 1.54) is 5.56 Å². The van der Waals surface area contributed by atoms with Gasteiger partial charge in [0.1, 0.15) is 0 Å². The third kappa shape index (κ3) is 5.75. The summed E-state index contributed by atoms with van der Waals surface area (Å²) in [6.07, 6.45) is 1.77. The summed E-state index contributed by atoms with van der Waals surface area (Å²) in [5.41, 5.74) is 2.77. The maximum Gasteiger partial charge on any atom is 0.255 e. The Morgan fingerprint density at radius 3 is 2.22 bits per heavy atom. The van der Waals surface area contributed by atoms with Crippen LogP contribution in [-0.2, 0) is 6.54 Å². The van der Waals surface area contributed by atoms with E-state index in [9.17, 15) is 9.59 Å². The van der Waals surface area contributed by atoms with Gasteiger partial charge in [-0.2, -0.15) is 0 Å². The molecule has 2 N–H and O–H groups in total. The van der Waals surface area contributed by atoms with Crippen molar-refractivity contribution in [3.63, 3.8) is 0 Å². The molecule has 0 aromatic heterocycles. The summed E-state index contributed by atoms with van der Waals surface area (Å²) in [6, 6.07) is 24.1. The minimum atomic E-state index is -0.235. The fourth-order valence-electron chi connectivity index (χ4n) is 3.92. The van der Waals surface area contributed by atoms with E-state index >= 15 is 0 Å². The predicted molar refractivity (Wildman–Crippen MR) is 128 cm³/mol. The zero-order valence-corrected chi connectivity index (χ0v) is 18.5. The van der Waals surface area contributed by atoms with Crippen molar-refractivity contribution in [3.8, 4) is 0 Å². The number of anilines is 1. The molecule has 0 atom stereocenters. The summed E-state index contributed by atoms with van der Waals surface area (Å²) in [5, 5.41) is 6.76. The molecule has 0 aliphatic carbocycles. The highest BCUT2D eigenvalue weighted by Crippen LogP contribution is 2.19. The van der Waals surface area contributed by atoms with E-state index in [1.807, 2.05) is 42.5 Å². The molecular weight excluding hydrogens is 422 g/mol. The van der Waals surface area contributed by atoms with Crippen molar-refractivity contribution in [3.05, 3.63) is 101 Å². The standard InChI is InChI=1S/C26H26ClN3O2/c27-21-12-10-19(11-13-21)18-30-16-14-22(15-17-30)28-26(32)23-8-4-5-9-24(23)29-25(31)20-6-2-1-3-7-20/h1-13,22H,14-18H2,(H,28,32)(H,29,31). The highest BCUT2D eigenvalue weighted by Gasteiger charge is 2.22. The van der Waals surface area contributed by atoms with Crippen molar-refractivity contribution in [1.82, 2.24) is 10.2 Å². The number of para-hydroxylation sites is 1. The molecule has 0 bridgehead atoms. The fourth-order valence-corrected chi connectivity index (χ4v) is 4.05. The van der Waals surface area contributed by atoms with E-state index in [2.05, 4.69) is 27.7 Å². The normalized spacial score (nSPS) is 14.7. The zero-order chi connectivity index (χ0) is 22.3. The van der Waals surface area contributed by atoms with Crippen LogP contribution in [0.3, 0.4) is 0 Å². The Bertz CT molecular complexity index is 1060. The number of carbonyl (C=O) groups excluding carboxylic acids is 2. The fraction of sp³-hybridized carbons (Fsp3) is 0.231. The first-order valence-electron chi connectivity index (χ1n) is 10.8. The molecule has 0 saturated carbocycles. The highest BCUT2D eigenvalue weighted by atomic mass is 35.5. The third-order valence-electron chi connectivity index (χ3n) is 5.70. The van der Waals surface area contributed by atoms with Crippen LogP contribution < -0.4 is 10.6 Å². The van der Waals surface area contributed by atoms with Crippen molar-refractivity contribution in [1.29, 1.82) is 0 Å². The van der Waals surface area contributed by atoms with E-state index in [0.717, 1.165) is 37.5 Å². The number of hydrogen-bond acceptors (Lipinski definition) is 3. The zero-order valence-electron chi connectivity index (χ0n) is 17.8. The first-order valence-corrected chi connectivity index (χ1v) is 11.2. The van der Waals surface area contributed by atoms with Gasteiger partial charge in [-0.25, -0.2) is 0 Å². The molecule has 4 rings (SSSR count). The van der Waals surface area contributed by atoms with Crippen molar-refractivity contribution >= 4 is 29.1 Å². The average Bonchev–Trinajstić information content (AvgIpc) is 2.82. The summed E-state index contributed by atoms with van der Waals surface area (Å²) >= 11 is 5.97. The lowest BCUT2D eigenvalue weighted by molar-refractivity contribution is 0.0910. The van der Waals surface area contributed by atoms with Gasteiger partial charge in [-0.05, 0) is 54.8 Å². The quantitative estimate of drug-likeness (QED) is 0.559. The summed E-state index contributed by atoms with van der Waals surface area (Å²) in [6.45, 7) is 2.71. The van der Waals surface area contributed by atoms with E-state index in [-0.39, 0.29) is 17.9 Å². The van der Waals surface area contributed by atoms with Gasteiger partial charge < -0.3 is 10.6 Å². The summed E-state index contributed by atoms with van der Waals surface area (Å²) in [7, 11) is 0. The second-order valence-electron chi connectivity index (χ2n) is 8.02. The molecule has 1 heterocycles. The van der Waals surface area contributed by atoms with E-state index in [0.29, 0.717) is 16.8 Å². The van der Waals surface area contributed by atoms with Crippen molar-refractivity contribution in [2.75, 3.05) is 18.4 Å². The molecule has 1 aliphatic rings. The van der Waals surface area contributed by atoms with Gasteiger partial charge in [-0.1, -0.05) is 54.1 Å². The lowest BCUT2D eigenvalue weighted by atomic mass is 10.0. The van der Waals surface area contributed by atoms with Gasteiger partial charge in [0, 0.05) is 36.3 Å². The summed E-state index contributed by atoms with van der Waals surface area (Å²) in [4.78, 5) is 27.9. The number of nitrogens with zero attached hydrogens (tertiary/aromatic N) is 1. The maximum atomic E-state index is 13.0. The Hall–Kier alpha value is -3.15. The number of carbonyl (C=O) groups is 2. The summed E-state index contributed by atoms with van der Waals surface area (Å²) in [5.74, 6) is -0.397. The van der Waals surface area contributed by atoms with Crippen molar-refractivity contribution < 1.29 is 9.59 Å². The number of likely N-dealkylation sites (tertiary alicyclic amines) is 1. The van der Waals surface area contributed by atoms with Gasteiger partial charge in [-0.3, -0.25) is 14.5 Å². The van der Waals surface area contributed by atoms with Crippen LogP contribution in [0.5, 0.6) is 0 Å². The minimum absolute atomic E-state index is 0.113. The Morgan fingerprint density at radius 2 is 1.50 bits per heavy atom. The Balaban J connectivity index is 1.33. The molecule has 2 amide bonds. The smallest absolute Gasteiger partial charge is 0.255 e. The van der Waals surface area contributed by atoms with Crippen LogP contribution in [-0.4, -0.2) is 35.8 Å². The molecule has 1 aliphatic heterocycles. The van der Waals surface area contributed by atoms with Crippen LogP contribution >= 0.6 is 11.6 Å². The molecule has 3 aromatic rings. The molecule has 0 spiro atoms. The number of nitrogens with one attached hydrogen (secondary N) is 2. The maximum absolute atomic E-state index is 13.0. The van der Waals surface area contributed by atoms with Gasteiger partial charge >= 0.3 is 0 Å². The first kappa shape index (κ1) is 22.1. The van der Waals surface area contributed by atoms with E-state index in [1.54, 1.807) is 24.3 Å². The number of amides is 2. The number of benzene rings is 3. The van der Waals surface area contributed by atoms with Crippen LogP contribution in [0.15, 0.2) is 78.9 Å². The van der Waals surface area contributed by atoms with Crippen LogP contribution in [0.25, 0.3) is 0 Å². The second-order valence-corrected chi connectivity index (χ2v) is 8.45. The van der Waals surface area contributed by atoms with E-state index < -0.39 is 0 Å². The number of halogens is 1. The van der Waals surface area contributed by atoms with E-state index in [4.69, 9.17) is 11.6 Å². The molecule has 5 nitrogen and oxygen atoms in total. The molecule has 32 heavy (non-hydrogen) atoms. The van der Waals surface area contributed by atoms with Gasteiger partial charge in [0.05, 0.1) is 11.3 Å². The van der Waals surface area contributed by atoms with Gasteiger partial charge in [0.2, 0.25) is 0 Å². The topological polar surface area (TPSA) is 61.4 Å². The van der Waals surface area contributed by atoms with Gasteiger partial charge in [0.25, 0.3) is 11.8 Å². The Kier molecular flexibility index (Phi) is 7.20. The lowest BCUT2D eigenvalue weighted by Gasteiger charge is -2.32. The third-order valence-corrected chi connectivity index (χ3v) is 5.95. The summed E-state index contributed by atoms with van der Waals surface area (Å²) < 4.78 is 0. The van der Waals surface area contributed by atoms with Gasteiger partial charge in [-0.15, -0.1) is 0 Å². The molecule has 0 unspecified atom stereocenters. The number of rotatable bonds is 6. The highest BCUT2D eigenvalue weighted by molar-refractivity contribution is 6.30. The molecule has 1 fully saturated rings. The minimum Gasteiger partial charge on any atom is -0.349 e. The van der Waals surface area contributed by atoms with Crippen molar-refractivity contribution in [2.45, 2.75) is 25.4 Å². The first-order chi connectivity index (χ1) is 15.6. The molecule has 164 valence electrons. The Morgan fingerprint density at radius 1 is 0.844 bits per heavy atom. The molecule has 1 saturated heterocycles. The lowest BCUT2D eigenvalue weighted by Crippen LogP contribution is -2.44. The number of piperidine rings is 1. The largest absolute Gasteiger partial charge is 0.349 e. The molecule has 6 heteroatoms. The molecule has 0 radical (unpaired) electrons. The Labute approximate surface area is 193 Å². The second kappa shape index (κ2) is 10.4. The van der Waals surface area contributed by atoms with Gasteiger partial charge in [0.15, 0.2) is 0 Å². The average molecular weight is 448 g/mol. The SMILES string of the molecule is O=C(Nc1ccccc1C(=O)NC1CCN(Cc2ccc(Cl)cc2)CC1)c1ccccc1. The predicted octanol–water partition coefficient (Wildman–Crippen LogP) is 4.99. The monoisotopic (exact) mass is 447 g/mol.